The molecule has 0 aromatic carbocycles. The van der Waals surface area contributed by atoms with E-state index >= 15 is 0 Å². The van der Waals surface area contributed by atoms with Gasteiger partial charge in [0.25, 0.3) is 0 Å². The SMILES string of the molecule is CCOC(=O)C(C(=O)OCC)N(CCC(C#N)C#N)C(=O)C(F)(F)F. The van der Waals surface area contributed by atoms with Gasteiger partial charge in [-0.15, -0.1) is 0 Å². The van der Waals surface area contributed by atoms with Gasteiger partial charge in [0.15, 0.2) is 0 Å². The Morgan fingerprint density at radius 3 is 1.80 bits per heavy atom. The topological polar surface area (TPSA) is 120 Å². The Bertz CT molecular complexity index is 548. The fraction of sp³-hybridized carbons (Fsp3) is 0.643. The first-order valence-corrected chi connectivity index (χ1v) is 7.14. The van der Waals surface area contributed by atoms with Crippen LogP contribution in [-0.2, 0) is 23.9 Å². The van der Waals surface area contributed by atoms with Crippen molar-refractivity contribution in [2.24, 2.45) is 5.92 Å². The van der Waals surface area contributed by atoms with E-state index in [2.05, 4.69) is 9.47 Å². The molecule has 0 atom stereocenters. The highest BCUT2D eigenvalue weighted by atomic mass is 19.4. The lowest BCUT2D eigenvalue weighted by molar-refractivity contribution is -0.193. The summed E-state index contributed by atoms with van der Waals surface area (Å²) in [6, 6.07) is 0.754. The first-order chi connectivity index (χ1) is 11.6. The summed E-state index contributed by atoms with van der Waals surface area (Å²) >= 11 is 0. The van der Waals surface area contributed by atoms with Crippen molar-refractivity contribution in [1.29, 1.82) is 10.5 Å². The van der Waals surface area contributed by atoms with E-state index in [1.807, 2.05) is 0 Å². The standard InChI is InChI=1S/C14H16F3N3O5/c1-3-24-11(21)10(12(22)25-4-2)20(13(23)14(15,16)17)6-5-9(7-18)8-19/h9-10H,3-6H2,1-2H3. The van der Waals surface area contributed by atoms with E-state index in [1.165, 1.54) is 26.0 Å². The number of ether oxygens (including phenoxy) is 2. The highest BCUT2D eigenvalue weighted by Crippen LogP contribution is 2.22. The van der Waals surface area contributed by atoms with Crippen molar-refractivity contribution in [3.8, 4) is 12.1 Å². The molecule has 25 heavy (non-hydrogen) atoms. The van der Waals surface area contributed by atoms with Crippen LogP contribution >= 0.6 is 0 Å². The zero-order valence-corrected chi connectivity index (χ0v) is 13.5. The summed E-state index contributed by atoms with van der Waals surface area (Å²) in [5, 5.41) is 17.4. The van der Waals surface area contributed by atoms with E-state index in [9.17, 15) is 27.6 Å². The van der Waals surface area contributed by atoms with Crippen LogP contribution in [0.5, 0.6) is 0 Å². The van der Waals surface area contributed by atoms with Gasteiger partial charge in [-0.1, -0.05) is 0 Å². The Balaban J connectivity index is 5.78. The second-order valence-corrected chi connectivity index (χ2v) is 4.50. The molecule has 0 fully saturated rings. The Labute approximate surface area is 141 Å². The molecule has 0 saturated carbocycles. The zero-order chi connectivity index (χ0) is 19.6. The van der Waals surface area contributed by atoms with Crippen molar-refractivity contribution >= 4 is 17.8 Å². The molecule has 0 N–H and O–H groups in total. The van der Waals surface area contributed by atoms with Crippen molar-refractivity contribution in [2.75, 3.05) is 19.8 Å². The number of hydrogen-bond acceptors (Lipinski definition) is 7. The first kappa shape index (κ1) is 22.2. The third-order valence-corrected chi connectivity index (χ3v) is 2.81. The third kappa shape index (κ3) is 6.67. The average molecular weight is 363 g/mol. The van der Waals surface area contributed by atoms with Crippen molar-refractivity contribution in [1.82, 2.24) is 4.90 Å². The highest BCUT2D eigenvalue weighted by molar-refractivity contribution is 6.03. The number of nitriles is 2. The quantitative estimate of drug-likeness (QED) is 0.464. The lowest BCUT2D eigenvalue weighted by atomic mass is 10.1. The summed E-state index contributed by atoms with van der Waals surface area (Å²) in [7, 11) is 0. The molecule has 0 aliphatic heterocycles. The fourth-order valence-corrected chi connectivity index (χ4v) is 1.73. The van der Waals surface area contributed by atoms with Crippen LogP contribution in [0, 0.1) is 28.6 Å². The van der Waals surface area contributed by atoms with Gasteiger partial charge >= 0.3 is 24.0 Å². The van der Waals surface area contributed by atoms with E-state index in [-0.39, 0.29) is 18.1 Å². The average Bonchev–Trinajstić information content (AvgIpc) is 2.53. The minimum atomic E-state index is -5.38. The minimum Gasteiger partial charge on any atom is -0.464 e. The summed E-state index contributed by atoms with van der Waals surface area (Å²) in [5.74, 6) is -6.60. The number of alkyl halides is 3. The van der Waals surface area contributed by atoms with Crippen molar-refractivity contribution in [3.63, 3.8) is 0 Å². The number of carbonyl (C=O) groups is 3. The summed E-state index contributed by atoms with van der Waals surface area (Å²) in [5.41, 5.74) is 0. The number of halogens is 3. The first-order valence-electron chi connectivity index (χ1n) is 7.14. The van der Waals surface area contributed by atoms with Gasteiger partial charge in [0.2, 0.25) is 6.04 Å². The van der Waals surface area contributed by atoms with Crippen LogP contribution < -0.4 is 0 Å². The number of amides is 1. The van der Waals surface area contributed by atoms with E-state index < -0.39 is 48.9 Å². The highest BCUT2D eigenvalue weighted by Gasteiger charge is 2.49. The van der Waals surface area contributed by atoms with Crippen molar-refractivity contribution < 1.29 is 37.0 Å². The molecule has 0 unspecified atom stereocenters. The predicted molar refractivity (Wildman–Crippen MR) is 74.2 cm³/mol. The number of hydrogen-bond donors (Lipinski definition) is 0. The van der Waals surface area contributed by atoms with Crippen LogP contribution in [0.2, 0.25) is 0 Å². The maximum atomic E-state index is 12.8. The Kier molecular flexibility index (Phi) is 8.99. The van der Waals surface area contributed by atoms with Crippen LogP contribution in [0.4, 0.5) is 13.2 Å². The molecule has 0 spiro atoms. The summed E-state index contributed by atoms with van der Waals surface area (Å²) < 4.78 is 47.6. The number of esters is 2. The maximum absolute atomic E-state index is 12.8. The van der Waals surface area contributed by atoms with Gasteiger partial charge in [0.05, 0.1) is 25.4 Å². The van der Waals surface area contributed by atoms with Gasteiger partial charge in [0, 0.05) is 6.54 Å². The van der Waals surface area contributed by atoms with Gasteiger partial charge in [-0.25, -0.2) is 9.59 Å². The minimum absolute atomic E-state index is 0.0856. The smallest absolute Gasteiger partial charge is 0.464 e. The lowest BCUT2D eigenvalue weighted by Crippen LogP contribution is -2.55. The fourth-order valence-electron chi connectivity index (χ4n) is 1.73. The summed E-state index contributed by atoms with van der Waals surface area (Å²) in [4.78, 5) is 35.4. The zero-order valence-electron chi connectivity index (χ0n) is 13.5. The molecule has 8 nitrogen and oxygen atoms in total. The molecular weight excluding hydrogens is 347 g/mol. The van der Waals surface area contributed by atoms with Crippen LogP contribution in [0.3, 0.4) is 0 Å². The molecule has 0 aromatic rings. The molecule has 0 aliphatic rings. The van der Waals surface area contributed by atoms with E-state index in [0.717, 1.165) is 0 Å². The number of rotatable bonds is 8. The molecular formula is C14H16F3N3O5. The molecule has 138 valence electrons. The molecule has 1 amide bonds. The number of nitrogens with zero attached hydrogens (tertiary/aromatic N) is 3. The van der Waals surface area contributed by atoms with Gasteiger partial charge in [-0.05, 0) is 20.3 Å². The molecule has 0 aliphatic carbocycles. The van der Waals surface area contributed by atoms with Crippen molar-refractivity contribution in [3.05, 3.63) is 0 Å². The number of carbonyl (C=O) groups excluding carboxylic acids is 3. The second-order valence-electron chi connectivity index (χ2n) is 4.50. The van der Waals surface area contributed by atoms with Crippen LogP contribution in [0.1, 0.15) is 20.3 Å². The normalized spacial score (nSPS) is 10.8. The molecule has 0 heterocycles. The van der Waals surface area contributed by atoms with Crippen LogP contribution in [0.25, 0.3) is 0 Å². The van der Waals surface area contributed by atoms with Gasteiger partial charge in [-0.3, -0.25) is 4.79 Å². The van der Waals surface area contributed by atoms with Gasteiger partial charge in [0.1, 0.15) is 5.92 Å². The van der Waals surface area contributed by atoms with E-state index in [4.69, 9.17) is 10.5 Å². The lowest BCUT2D eigenvalue weighted by Gasteiger charge is -2.29. The maximum Gasteiger partial charge on any atom is 0.471 e. The molecule has 0 bridgehead atoms. The van der Waals surface area contributed by atoms with Crippen LogP contribution in [0.15, 0.2) is 0 Å². The Morgan fingerprint density at radius 2 is 1.48 bits per heavy atom. The molecule has 0 saturated heterocycles. The van der Waals surface area contributed by atoms with Crippen LogP contribution in [-0.4, -0.2) is 54.7 Å². The van der Waals surface area contributed by atoms with Gasteiger partial charge in [-0.2, -0.15) is 23.7 Å². The predicted octanol–water partition coefficient (Wildman–Crippen LogP) is 0.926. The molecule has 0 radical (unpaired) electrons. The van der Waals surface area contributed by atoms with E-state index in [0.29, 0.717) is 0 Å². The third-order valence-electron chi connectivity index (χ3n) is 2.81. The molecule has 0 rings (SSSR count). The largest absolute Gasteiger partial charge is 0.471 e. The molecule has 11 heteroatoms. The van der Waals surface area contributed by atoms with Crippen molar-refractivity contribution in [2.45, 2.75) is 32.5 Å². The Hall–Kier alpha value is -2.82. The Morgan fingerprint density at radius 1 is 1.04 bits per heavy atom. The van der Waals surface area contributed by atoms with Gasteiger partial charge < -0.3 is 14.4 Å². The molecule has 0 aromatic heterocycles. The summed E-state index contributed by atoms with van der Waals surface area (Å²) in [6.45, 7) is 1.38. The van der Waals surface area contributed by atoms with E-state index in [1.54, 1.807) is 0 Å². The summed E-state index contributed by atoms with van der Waals surface area (Å²) in [6.07, 6.45) is -5.88. The monoisotopic (exact) mass is 363 g/mol. The second kappa shape index (κ2) is 10.1.